The summed E-state index contributed by atoms with van der Waals surface area (Å²) in [5, 5.41) is 0.640. The predicted molar refractivity (Wildman–Crippen MR) is 129 cm³/mol. The Kier molecular flexibility index (Phi) is 7.22. The van der Waals surface area contributed by atoms with Crippen LogP contribution in [0.15, 0.2) is 59.3 Å². The third-order valence-electron chi connectivity index (χ3n) is 5.22. The molecule has 1 aromatic heterocycles. The number of carbonyl (C=O) groups is 1. The summed E-state index contributed by atoms with van der Waals surface area (Å²) in [5.41, 5.74) is 5.09. The molecule has 0 bridgehead atoms. The second kappa shape index (κ2) is 10.3. The van der Waals surface area contributed by atoms with E-state index in [9.17, 15) is 4.79 Å². The normalized spacial score (nSPS) is 13.3. The molecular formula is C25H22BrClN2O3. The standard InChI is InChI=1S/C25H22BrClN2O3/c1-2-31-25(30)23-14-28-13-22(29-23)20-5-3-4-19(20)21-12-18(27)10-11-24(21)32-15-16-6-8-17(26)9-7-16/h6-14H,2-5,15H2,1H3. The van der Waals surface area contributed by atoms with Crippen LogP contribution in [0.2, 0.25) is 5.02 Å². The highest BCUT2D eigenvalue weighted by atomic mass is 79.9. The third-order valence-corrected chi connectivity index (χ3v) is 5.98. The highest BCUT2D eigenvalue weighted by Gasteiger charge is 2.23. The van der Waals surface area contributed by atoms with Crippen molar-refractivity contribution in [2.75, 3.05) is 6.61 Å². The van der Waals surface area contributed by atoms with E-state index in [2.05, 4.69) is 25.9 Å². The summed E-state index contributed by atoms with van der Waals surface area (Å²) in [4.78, 5) is 20.9. The van der Waals surface area contributed by atoms with Crippen LogP contribution in [-0.4, -0.2) is 22.5 Å². The number of carbonyl (C=O) groups excluding carboxylic acids is 1. The molecule has 0 atom stereocenters. The summed E-state index contributed by atoms with van der Waals surface area (Å²) in [7, 11) is 0. The summed E-state index contributed by atoms with van der Waals surface area (Å²) in [6.45, 7) is 2.50. The first-order valence-corrected chi connectivity index (χ1v) is 11.6. The maximum Gasteiger partial charge on any atom is 0.358 e. The van der Waals surface area contributed by atoms with Gasteiger partial charge in [-0.15, -0.1) is 0 Å². The Bertz CT molecular complexity index is 1160. The van der Waals surface area contributed by atoms with Gasteiger partial charge in [-0.1, -0.05) is 39.7 Å². The number of allylic oxidation sites excluding steroid dienone is 2. The van der Waals surface area contributed by atoms with E-state index >= 15 is 0 Å². The van der Waals surface area contributed by atoms with Crippen LogP contribution in [0.1, 0.15) is 53.5 Å². The Morgan fingerprint density at radius 3 is 2.66 bits per heavy atom. The number of ether oxygens (including phenoxy) is 2. The van der Waals surface area contributed by atoms with Gasteiger partial charge in [0.05, 0.1) is 24.7 Å². The first-order valence-electron chi connectivity index (χ1n) is 10.4. The number of esters is 1. The predicted octanol–water partition coefficient (Wildman–Crippen LogP) is 6.74. The van der Waals surface area contributed by atoms with Gasteiger partial charge >= 0.3 is 5.97 Å². The van der Waals surface area contributed by atoms with E-state index in [0.29, 0.717) is 23.9 Å². The SMILES string of the molecule is CCOC(=O)c1cncc(C2=C(c3cc(Cl)ccc3OCc3ccc(Br)cc3)CCC2)n1. The van der Waals surface area contributed by atoms with Crippen LogP contribution in [0.4, 0.5) is 0 Å². The number of rotatable bonds is 7. The molecule has 5 nitrogen and oxygen atoms in total. The number of benzene rings is 2. The molecule has 2 aromatic carbocycles. The Hall–Kier alpha value is -2.70. The summed E-state index contributed by atoms with van der Waals surface area (Å²) >= 11 is 9.81. The molecule has 4 rings (SSSR count). The van der Waals surface area contributed by atoms with Crippen LogP contribution in [0.3, 0.4) is 0 Å². The Balaban J connectivity index is 1.68. The van der Waals surface area contributed by atoms with Crippen molar-refractivity contribution in [3.8, 4) is 5.75 Å². The van der Waals surface area contributed by atoms with E-state index in [1.165, 1.54) is 6.20 Å². The zero-order chi connectivity index (χ0) is 22.5. The Morgan fingerprint density at radius 1 is 1.09 bits per heavy atom. The lowest BCUT2D eigenvalue weighted by Gasteiger charge is -2.15. The lowest BCUT2D eigenvalue weighted by atomic mass is 9.99. The molecular weight excluding hydrogens is 492 g/mol. The fourth-order valence-electron chi connectivity index (χ4n) is 3.74. The van der Waals surface area contributed by atoms with E-state index in [1.54, 1.807) is 13.1 Å². The number of halogens is 2. The second-order valence-corrected chi connectivity index (χ2v) is 8.73. The average Bonchev–Trinajstić information content (AvgIpc) is 3.29. The van der Waals surface area contributed by atoms with Crippen molar-refractivity contribution in [1.29, 1.82) is 0 Å². The first kappa shape index (κ1) is 22.5. The fraction of sp³-hybridized carbons (Fsp3) is 0.240. The van der Waals surface area contributed by atoms with Gasteiger partial charge in [-0.25, -0.2) is 9.78 Å². The van der Waals surface area contributed by atoms with Gasteiger partial charge in [0.15, 0.2) is 5.69 Å². The molecule has 0 spiro atoms. The average molecular weight is 514 g/mol. The highest BCUT2D eigenvalue weighted by molar-refractivity contribution is 9.10. The minimum Gasteiger partial charge on any atom is -0.488 e. The topological polar surface area (TPSA) is 61.3 Å². The van der Waals surface area contributed by atoms with E-state index in [-0.39, 0.29) is 5.69 Å². The third kappa shape index (κ3) is 5.19. The van der Waals surface area contributed by atoms with Gasteiger partial charge in [-0.2, -0.15) is 0 Å². The summed E-state index contributed by atoms with van der Waals surface area (Å²) in [6, 6.07) is 13.7. The molecule has 7 heteroatoms. The van der Waals surface area contributed by atoms with Gasteiger partial charge in [0.1, 0.15) is 12.4 Å². The van der Waals surface area contributed by atoms with Crippen molar-refractivity contribution < 1.29 is 14.3 Å². The van der Waals surface area contributed by atoms with E-state index in [4.69, 9.17) is 21.1 Å². The summed E-state index contributed by atoms with van der Waals surface area (Å²) < 4.78 is 12.3. The quantitative estimate of drug-likeness (QED) is 0.327. The van der Waals surface area contributed by atoms with E-state index in [0.717, 1.165) is 51.8 Å². The molecule has 1 aliphatic rings. The summed E-state index contributed by atoms with van der Waals surface area (Å²) in [5.74, 6) is 0.296. The molecule has 164 valence electrons. The van der Waals surface area contributed by atoms with Crippen LogP contribution in [0.5, 0.6) is 5.75 Å². The zero-order valence-corrected chi connectivity index (χ0v) is 19.9. The molecule has 1 heterocycles. The van der Waals surface area contributed by atoms with Gasteiger partial charge in [0.25, 0.3) is 0 Å². The fourth-order valence-corrected chi connectivity index (χ4v) is 4.18. The summed E-state index contributed by atoms with van der Waals surface area (Å²) in [6.07, 6.45) is 5.82. The van der Waals surface area contributed by atoms with Gasteiger partial charge < -0.3 is 9.47 Å². The van der Waals surface area contributed by atoms with Crippen LogP contribution in [0.25, 0.3) is 11.1 Å². The molecule has 0 aliphatic heterocycles. The van der Waals surface area contributed by atoms with Crippen molar-refractivity contribution >= 4 is 44.6 Å². The van der Waals surface area contributed by atoms with Crippen molar-refractivity contribution in [1.82, 2.24) is 9.97 Å². The van der Waals surface area contributed by atoms with Crippen LogP contribution < -0.4 is 4.74 Å². The smallest absolute Gasteiger partial charge is 0.358 e. The van der Waals surface area contributed by atoms with Gasteiger partial charge in [-0.3, -0.25) is 4.98 Å². The zero-order valence-electron chi connectivity index (χ0n) is 17.6. The van der Waals surface area contributed by atoms with Crippen molar-refractivity contribution in [3.63, 3.8) is 0 Å². The van der Waals surface area contributed by atoms with E-state index < -0.39 is 5.97 Å². The van der Waals surface area contributed by atoms with Crippen LogP contribution in [-0.2, 0) is 11.3 Å². The van der Waals surface area contributed by atoms with E-state index in [1.807, 2.05) is 42.5 Å². The molecule has 0 saturated heterocycles. The first-order chi connectivity index (χ1) is 15.5. The van der Waals surface area contributed by atoms with Crippen LogP contribution in [0, 0.1) is 0 Å². The van der Waals surface area contributed by atoms with Gasteiger partial charge in [0.2, 0.25) is 0 Å². The molecule has 1 aliphatic carbocycles. The van der Waals surface area contributed by atoms with Crippen molar-refractivity contribution in [2.24, 2.45) is 0 Å². The molecule has 32 heavy (non-hydrogen) atoms. The Morgan fingerprint density at radius 2 is 1.88 bits per heavy atom. The monoisotopic (exact) mass is 512 g/mol. The molecule has 0 N–H and O–H groups in total. The lowest BCUT2D eigenvalue weighted by molar-refractivity contribution is 0.0519. The van der Waals surface area contributed by atoms with Crippen molar-refractivity contribution in [3.05, 3.63) is 86.9 Å². The molecule has 0 fully saturated rings. The molecule has 0 unspecified atom stereocenters. The number of hydrogen-bond acceptors (Lipinski definition) is 5. The number of aromatic nitrogens is 2. The number of hydrogen-bond donors (Lipinski definition) is 0. The van der Waals surface area contributed by atoms with Crippen LogP contribution >= 0.6 is 27.5 Å². The van der Waals surface area contributed by atoms with Gasteiger partial charge in [-0.05, 0) is 73.2 Å². The molecule has 3 aromatic rings. The van der Waals surface area contributed by atoms with Gasteiger partial charge in [0, 0.05) is 15.1 Å². The Labute approximate surface area is 200 Å². The van der Waals surface area contributed by atoms with Crippen molar-refractivity contribution in [2.45, 2.75) is 32.8 Å². The maximum absolute atomic E-state index is 12.1. The number of nitrogens with zero attached hydrogens (tertiary/aromatic N) is 2. The molecule has 0 radical (unpaired) electrons. The molecule has 0 amide bonds. The minimum absolute atomic E-state index is 0.209. The maximum atomic E-state index is 12.1. The lowest BCUT2D eigenvalue weighted by Crippen LogP contribution is -2.09. The highest BCUT2D eigenvalue weighted by Crippen LogP contribution is 2.43. The minimum atomic E-state index is -0.469. The second-order valence-electron chi connectivity index (χ2n) is 7.38. The molecule has 0 saturated carbocycles. The largest absolute Gasteiger partial charge is 0.488 e.